The quantitative estimate of drug-likeness (QED) is 0.177. The molecule has 0 aliphatic carbocycles. The van der Waals surface area contributed by atoms with E-state index >= 15 is 0 Å². The summed E-state index contributed by atoms with van der Waals surface area (Å²) in [6.45, 7) is 0. The van der Waals surface area contributed by atoms with Gasteiger partial charge in [0, 0.05) is 80.6 Å². The number of fused-ring (bicyclic) bond motifs is 10. The molecule has 0 saturated heterocycles. The van der Waals surface area contributed by atoms with Crippen molar-refractivity contribution in [1.82, 2.24) is 4.98 Å². The Hall–Kier alpha value is -6.33. The lowest BCUT2D eigenvalue weighted by molar-refractivity contribution is 1.30. The van der Waals surface area contributed by atoms with E-state index in [0.717, 1.165) is 17.1 Å². The van der Waals surface area contributed by atoms with Crippen molar-refractivity contribution in [1.29, 1.82) is 0 Å². The molecule has 0 N–H and O–H groups in total. The summed E-state index contributed by atoms with van der Waals surface area (Å²) in [6, 6.07) is 62.5. The maximum Gasteiger partial charge on any atom is 0.0468 e. The zero-order valence-corrected chi connectivity index (χ0v) is 30.2. The van der Waals surface area contributed by atoms with Crippen molar-refractivity contribution < 1.29 is 0 Å². The average molecular weight is 711 g/mol. The summed E-state index contributed by atoms with van der Waals surface area (Å²) >= 11 is 3.77. The van der Waals surface area contributed by atoms with Crippen molar-refractivity contribution in [3.8, 4) is 22.3 Å². The highest BCUT2D eigenvalue weighted by Crippen LogP contribution is 2.44. The molecule has 248 valence electrons. The van der Waals surface area contributed by atoms with Crippen LogP contribution in [0.15, 0.2) is 182 Å². The lowest BCUT2D eigenvalue weighted by atomic mass is 10.00. The van der Waals surface area contributed by atoms with Crippen molar-refractivity contribution in [2.24, 2.45) is 0 Å². The van der Waals surface area contributed by atoms with Gasteiger partial charge in [0.2, 0.25) is 0 Å². The largest absolute Gasteiger partial charge is 0.310 e. The molecule has 0 bridgehead atoms. The molecule has 0 spiro atoms. The standard InChI is InChI=1S/C49H30N2S2/c1-3-7-46-40(5-1)42-23-17-35-15-21-38(29-44(35)48(42)52-46)51(37-19-13-33(14-20-37)31-9-11-32(12-10-31)34-25-27-50-28-26-34)39-22-16-36-18-24-43-41-6-2-4-8-47(41)53-49(43)45(36)30-39/h1-30H. The molecule has 2 nitrogen and oxygen atoms in total. The van der Waals surface area contributed by atoms with Gasteiger partial charge in [0.25, 0.3) is 0 Å². The smallest absolute Gasteiger partial charge is 0.0468 e. The van der Waals surface area contributed by atoms with Gasteiger partial charge in [0.05, 0.1) is 0 Å². The van der Waals surface area contributed by atoms with E-state index in [2.05, 4.69) is 180 Å². The van der Waals surface area contributed by atoms with Crippen LogP contribution in [-0.2, 0) is 0 Å². The molecule has 0 amide bonds. The monoisotopic (exact) mass is 710 g/mol. The molecule has 0 saturated carbocycles. The first kappa shape index (κ1) is 30.3. The first-order chi connectivity index (χ1) is 26.2. The molecule has 11 rings (SSSR count). The van der Waals surface area contributed by atoms with Crippen LogP contribution in [0.4, 0.5) is 17.1 Å². The fourth-order valence-corrected chi connectivity index (χ4v) is 10.4. The van der Waals surface area contributed by atoms with Crippen LogP contribution in [0.3, 0.4) is 0 Å². The first-order valence-electron chi connectivity index (χ1n) is 17.8. The van der Waals surface area contributed by atoms with E-state index in [9.17, 15) is 0 Å². The third-order valence-electron chi connectivity index (χ3n) is 10.6. The fourth-order valence-electron chi connectivity index (χ4n) is 7.91. The van der Waals surface area contributed by atoms with Crippen LogP contribution in [0.25, 0.3) is 84.1 Å². The van der Waals surface area contributed by atoms with Gasteiger partial charge >= 0.3 is 0 Å². The summed E-state index contributed by atoms with van der Waals surface area (Å²) in [5, 5.41) is 10.4. The highest BCUT2D eigenvalue weighted by atomic mass is 32.1. The molecule has 0 unspecified atom stereocenters. The maximum absolute atomic E-state index is 4.17. The van der Waals surface area contributed by atoms with Gasteiger partial charge in [-0.1, -0.05) is 109 Å². The molecule has 3 heterocycles. The number of anilines is 3. The number of hydrogen-bond acceptors (Lipinski definition) is 4. The minimum Gasteiger partial charge on any atom is -0.310 e. The summed E-state index contributed by atoms with van der Waals surface area (Å²) in [5.41, 5.74) is 8.13. The van der Waals surface area contributed by atoms with Gasteiger partial charge < -0.3 is 4.90 Å². The maximum atomic E-state index is 4.17. The summed E-state index contributed by atoms with van der Waals surface area (Å²) in [6.07, 6.45) is 3.68. The average Bonchev–Trinajstić information content (AvgIpc) is 3.81. The highest BCUT2D eigenvalue weighted by molar-refractivity contribution is 7.27. The molecule has 3 aromatic heterocycles. The van der Waals surface area contributed by atoms with Gasteiger partial charge in [-0.3, -0.25) is 4.98 Å². The Kier molecular flexibility index (Phi) is 6.94. The zero-order valence-electron chi connectivity index (χ0n) is 28.5. The zero-order chi connectivity index (χ0) is 34.9. The first-order valence-corrected chi connectivity index (χ1v) is 19.5. The SMILES string of the molecule is c1ccc2c(c1)sc1c3cc(N(c4ccc(-c5ccc(-c6ccncc6)cc5)cc4)c4ccc5ccc6c7ccccc7sc6c5c4)ccc3ccc21. The van der Waals surface area contributed by atoms with E-state index in [0.29, 0.717) is 0 Å². The van der Waals surface area contributed by atoms with E-state index in [1.807, 2.05) is 35.1 Å². The van der Waals surface area contributed by atoms with Crippen molar-refractivity contribution in [2.45, 2.75) is 0 Å². The molecular weight excluding hydrogens is 681 g/mol. The molecular formula is C49H30N2S2. The highest BCUT2D eigenvalue weighted by Gasteiger charge is 2.17. The summed E-state index contributed by atoms with van der Waals surface area (Å²) < 4.78 is 5.31. The molecule has 11 aromatic rings. The number of aromatic nitrogens is 1. The second-order valence-electron chi connectivity index (χ2n) is 13.6. The third-order valence-corrected chi connectivity index (χ3v) is 13.0. The van der Waals surface area contributed by atoms with Crippen LogP contribution in [-0.4, -0.2) is 4.98 Å². The van der Waals surface area contributed by atoms with Crippen LogP contribution < -0.4 is 4.90 Å². The second-order valence-corrected chi connectivity index (χ2v) is 15.7. The molecule has 0 atom stereocenters. The van der Waals surface area contributed by atoms with Gasteiger partial charge in [0.1, 0.15) is 0 Å². The number of nitrogens with zero attached hydrogens (tertiary/aromatic N) is 2. The Balaban J connectivity index is 1.08. The van der Waals surface area contributed by atoms with Gasteiger partial charge in [-0.05, 0) is 93.7 Å². The van der Waals surface area contributed by atoms with E-state index in [1.54, 1.807) is 0 Å². The molecule has 8 aromatic carbocycles. The van der Waals surface area contributed by atoms with E-state index < -0.39 is 0 Å². The predicted octanol–water partition coefficient (Wildman–Crippen LogP) is 14.9. The van der Waals surface area contributed by atoms with Crippen LogP contribution in [0.5, 0.6) is 0 Å². The predicted molar refractivity (Wildman–Crippen MR) is 231 cm³/mol. The molecule has 0 aliphatic heterocycles. The number of pyridine rings is 1. The number of benzene rings is 8. The minimum absolute atomic E-state index is 1.12. The van der Waals surface area contributed by atoms with Crippen LogP contribution >= 0.6 is 22.7 Å². The molecule has 0 aliphatic rings. The summed E-state index contributed by atoms with van der Waals surface area (Å²) in [4.78, 5) is 6.60. The third kappa shape index (κ3) is 5.02. The van der Waals surface area contributed by atoms with Crippen LogP contribution in [0.1, 0.15) is 0 Å². The number of thiophene rings is 2. The Morgan fingerprint density at radius 3 is 1.26 bits per heavy atom. The van der Waals surface area contributed by atoms with Gasteiger partial charge in [0.15, 0.2) is 0 Å². The Labute approximate surface area is 314 Å². The Morgan fingerprint density at radius 1 is 0.340 bits per heavy atom. The minimum atomic E-state index is 1.12. The van der Waals surface area contributed by atoms with Gasteiger partial charge in [-0.15, -0.1) is 22.7 Å². The molecule has 0 radical (unpaired) electrons. The lowest BCUT2D eigenvalue weighted by Crippen LogP contribution is -2.10. The van der Waals surface area contributed by atoms with Crippen molar-refractivity contribution >= 4 is 102 Å². The van der Waals surface area contributed by atoms with Crippen molar-refractivity contribution in [3.63, 3.8) is 0 Å². The van der Waals surface area contributed by atoms with Gasteiger partial charge in [-0.25, -0.2) is 0 Å². The van der Waals surface area contributed by atoms with Crippen molar-refractivity contribution in [3.05, 3.63) is 182 Å². The Bertz CT molecular complexity index is 3000. The molecule has 53 heavy (non-hydrogen) atoms. The van der Waals surface area contributed by atoms with Crippen LogP contribution in [0.2, 0.25) is 0 Å². The normalized spacial score (nSPS) is 11.8. The topological polar surface area (TPSA) is 16.1 Å². The van der Waals surface area contributed by atoms with E-state index in [4.69, 9.17) is 0 Å². The second kappa shape index (κ2) is 12.1. The van der Waals surface area contributed by atoms with E-state index in [1.165, 1.54) is 84.1 Å². The molecule has 0 fully saturated rings. The van der Waals surface area contributed by atoms with Gasteiger partial charge in [-0.2, -0.15) is 0 Å². The fraction of sp³-hybridized carbons (Fsp3) is 0. The lowest BCUT2D eigenvalue weighted by Gasteiger charge is -2.26. The number of hydrogen-bond donors (Lipinski definition) is 0. The number of rotatable bonds is 5. The van der Waals surface area contributed by atoms with Crippen LogP contribution in [0, 0.1) is 0 Å². The Morgan fingerprint density at radius 2 is 0.755 bits per heavy atom. The summed E-state index contributed by atoms with van der Waals surface area (Å²) in [7, 11) is 0. The van der Waals surface area contributed by atoms with E-state index in [-0.39, 0.29) is 0 Å². The summed E-state index contributed by atoms with van der Waals surface area (Å²) in [5.74, 6) is 0. The molecule has 4 heteroatoms. The van der Waals surface area contributed by atoms with Crippen molar-refractivity contribution in [2.75, 3.05) is 4.90 Å².